The number of hydrogen-bond donors (Lipinski definition) is 1. The summed E-state index contributed by atoms with van der Waals surface area (Å²) in [4.78, 5) is 0. The molecule has 0 heterocycles. The molecule has 0 spiro atoms. The van der Waals surface area contributed by atoms with Gasteiger partial charge in [0.15, 0.2) is 11.6 Å². The Balaban J connectivity index is 2.21. The van der Waals surface area contributed by atoms with Crippen molar-refractivity contribution in [3.05, 3.63) is 35.4 Å². The van der Waals surface area contributed by atoms with E-state index in [1.807, 2.05) is 6.92 Å². The SMILES string of the molecule is CCOC(C1CC1)C(O)c1cccc(F)c1F. The number of hydrogen-bond acceptors (Lipinski definition) is 2. The van der Waals surface area contributed by atoms with Gasteiger partial charge in [0, 0.05) is 12.2 Å². The minimum Gasteiger partial charge on any atom is -0.386 e. The van der Waals surface area contributed by atoms with E-state index < -0.39 is 23.8 Å². The van der Waals surface area contributed by atoms with E-state index in [4.69, 9.17) is 4.74 Å². The van der Waals surface area contributed by atoms with Crippen molar-refractivity contribution in [2.75, 3.05) is 6.61 Å². The van der Waals surface area contributed by atoms with Crippen LogP contribution >= 0.6 is 0 Å². The topological polar surface area (TPSA) is 29.5 Å². The third-order valence-electron chi connectivity index (χ3n) is 3.06. The summed E-state index contributed by atoms with van der Waals surface area (Å²) in [6.45, 7) is 2.28. The van der Waals surface area contributed by atoms with Gasteiger partial charge in [0.25, 0.3) is 0 Å². The third-order valence-corrected chi connectivity index (χ3v) is 3.06. The highest BCUT2D eigenvalue weighted by Gasteiger charge is 2.38. The van der Waals surface area contributed by atoms with Gasteiger partial charge in [-0.15, -0.1) is 0 Å². The Morgan fingerprint density at radius 3 is 2.71 bits per heavy atom. The first-order valence-electron chi connectivity index (χ1n) is 5.88. The fourth-order valence-corrected chi connectivity index (χ4v) is 2.03. The van der Waals surface area contributed by atoms with E-state index in [2.05, 4.69) is 0 Å². The van der Waals surface area contributed by atoms with E-state index in [1.54, 1.807) is 0 Å². The molecule has 1 aliphatic rings. The summed E-state index contributed by atoms with van der Waals surface area (Å²) in [6.07, 6.45) is 0.409. The van der Waals surface area contributed by atoms with Gasteiger partial charge in [0.05, 0.1) is 6.10 Å². The molecule has 2 rings (SSSR count). The fraction of sp³-hybridized carbons (Fsp3) is 0.538. The maximum atomic E-state index is 13.5. The molecule has 0 aromatic heterocycles. The summed E-state index contributed by atoms with van der Waals surface area (Å²) in [5.41, 5.74) is -0.0182. The Morgan fingerprint density at radius 2 is 2.12 bits per heavy atom. The van der Waals surface area contributed by atoms with Gasteiger partial charge in [0.2, 0.25) is 0 Å². The van der Waals surface area contributed by atoms with Gasteiger partial charge < -0.3 is 9.84 Å². The normalized spacial score (nSPS) is 19.1. The molecular formula is C13H16F2O2. The summed E-state index contributed by atoms with van der Waals surface area (Å²) in [7, 11) is 0. The van der Waals surface area contributed by atoms with Crippen LogP contribution in [0.1, 0.15) is 31.4 Å². The molecule has 2 nitrogen and oxygen atoms in total. The average Bonchev–Trinajstić information content (AvgIpc) is 3.13. The van der Waals surface area contributed by atoms with Crippen LogP contribution in [0.2, 0.25) is 0 Å². The Hall–Kier alpha value is -1.00. The van der Waals surface area contributed by atoms with Crippen molar-refractivity contribution < 1.29 is 18.6 Å². The molecule has 2 unspecified atom stereocenters. The van der Waals surface area contributed by atoms with Gasteiger partial charge in [-0.3, -0.25) is 0 Å². The van der Waals surface area contributed by atoms with E-state index in [-0.39, 0.29) is 11.5 Å². The highest BCUT2D eigenvalue weighted by molar-refractivity contribution is 5.22. The molecule has 17 heavy (non-hydrogen) atoms. The maximum Gasteiger partial charge on any atom is 0.164 e. The standard InChI is InChI=1S/C13H16F2O2/c1-2-17-13(8-6-7-8)12(16)9-4-3-5-10(14)11(9)15/h3-5,8,12-13,16H,2,6-7H2,1H3. The first-order valence-corrected chi connectivity index (χ1v) is 5.88. The molecule has 1 aliphatic carbocycles. The van der Waals surface area contributed by atoms with Crippen LogP contribution in [0, 0.1) is 17.6 Å². The lowest BCUT2D eigenvalue weighted by Gasteiger charge is -2.23. The van der Waals surface area contributed by atoms with Crippen LogP contribution in [0.3, 0.4) is 0 Å². The zero-order valence-electron chi connectivity index (χ0n) is 9.70. The van der Waals surface area contributed by atoms with Crippen molar-refractivity contribution in [1.82, 2.24) is 0 Å². The Bertz CT molecular complexity index is 391. The van der Waals surface area contributed by atoms with Crippen LogP contribution in [-0.4, -0.2) is 17.8 Å². The van der Waals surface area contributed by atoms with Crippen molar-refractivity contribution in [1.29, 1.82) is 0 Å². The molecule has 1 saturated carbocycles. The number of aliphatic hydroxyl groups is 1. The van der Waals surface area contributed by atoms with Gasteiger partial charge in [-0.05, 0) is 31.7 Å². The molecular weight excluding hydrogens is 226 g/mol. The van der Waals surface area contributed by atoms with Crippen molar-refractivity contribution in [3.63, 3.8) is 0 Å². The third kappa shape index (κ3) is 2.64. The van der Waals surface area contributed by atoms with Crippen molar-refractivity contribution >= 4 is 0 Å². The smallest absolute Gasteiger partial charge is 0.164 e. The Kier molecular flexibility index (Phi) is 3.74. The van der Waals surface area contributed by atoms with E-state index in [0.29, 0.717) is 6.61 Å². The number of ether oxygens (including phenoxy) is 1. The lowest BCUT2D eigenvalue weighted by molar-refractivity contribution is -0.0476. The van der Waals surface area contributed by atoms with Crippen LogP contribution < -0.4 is 0 Å². The highest BCUT2D eigenvalue weighted by atomic mass is 19.2. The summed E-state index contributed by atoms with van der Waals surface area (Å²) in [6, 6.07) is 3.84. The second kappa shape index (κ2) is 5.10. The summed E-state index contributed by atoms with van der Waals surface area (Å²) >= 11 is 0. The zero-order valence-corrected chi connectivity index (χ0v) is 9.70. The number of aliphatic hydroxyl groups excluding tert-OH is 1. The molecule has 0 amide bonds. The predicted octanol–water partition coefficient (Wildman–Crippen LogP) is 2.81. The van der Waals surface area contributed by atoms with E-state index in [9.17, 15) is 13.9 Å². The van der Waals surface area contributed by atoms with Crippen LogP contribution in [-0.2, 0) is 4.74 Å². The van der Waals surface area contributed by atoms with E-state index in [1.165, 1.54) is 12.1 Å². The lowest BCUT2D eigenvalue weighted by atomic mass is 10.0. The van der Waals surface area contributed by atoms with Crippen molar-refractivity contribution in [2.24, 2.45) is 5.92 Å². The number of halogens is 2. The molecule has 0 radical (unpaired) electrons. The summed E-state index contributed by atoms with van der Waals surface area (Å²) in [5, 5.41) is 10.1. The highest BCUT2D eigenvalue weighted by Crippen LogP contribution is 2.40. The summed E-state index contributed by atoms with van der Waals surface area (Å²) < 4.78 is 32.1. The molecule has 94 valence electrons. The monoisotopic (exact) mass is 242 g/mol. The number of rotatable bonds is 5. The van der Waals surface area contributed by atoms with Crippen LogP contribution in [0.5, 0.6) is 0 Å². The fourth-order valence-electron chi connectivity index (χ4n) is 2.03. The lowest BCUT2D eigenvalue weighted by Crippen LogP contribution is -2.25. The Labute approximate surface area is 99.2 Å². The van der Waals surface area contributed by atoms with E-state index >= 15 is 0 Å². The van der Waals surface area contributed by atoms with Gasteiger partial charge in [-0.2, -0.15) is 0 Å². The maximum absolute atomic E-state index is 13.5. The molecule has 0 bridgehead atoms. The minimum atomic E-state index is -1.10. The first-order chi connectivity index (χ1) is 8.15. The zero-order chi connectivity index (χ0) is 12.4. The van der Waals surface area contributed by atoms with Gasteiger partial charge in [0.1, 0.15) is 6.10 Å². The van der Waals surface area contributed by atoms with Gasteiger partial charge in [-0.1, -0.05) is 12.1 Å². The van der Waals surface area contributed by atoms with Gasteiger partial charge >= 0.3 is 0 Å². The van der Waals surface area contributed by atoms with Crippen LogP contribution in [0.4, 0.5) is 8.78 Å². The molecule has 0 saturated heterocycles. The van der Waals surface area contributed by atoms with E-state index in [0.717, 1.165) is 18.9 Å². The van der Waals surface area contributed by atoms with Crippen molar-refractivity contribution in [3.8, 4) is 0 Å². The molecule has 1 fully saturated rings. The first kappa shape index (κ1) is 12.5. The van der Waals surface area contributed by atoms with Crippen LogP contribution in [0.15, 0.2) is 18.2 Å². The van der Waals surface area contributed by atoms with Crippen molar-refractivity contribution in [2.45, 2.75) is 32.0 Å². The molecule has 1 aromatic carbocycles. The summed E-state index contributed by atoms with van der Waals surface area (Å²) in [5.74, 6) is -1.66. The molecule has 4 heteroatoms. The largest absolute Gasteiger partial charge is 0.386 e. The Morgan fingerprint density at radius 1 is 1.41 bits per heavy atom. The second-order valence-corrected chi connectivity index (χ2v) is 4.35. The predicted molar refractivity (Wildman–Crippen MR) is 59.5 cm³/mol. The second-order valence-electron chi connectivity index (χ2n) is 4.35. The van der Waals surface area contributed by atoms with Gasteiger partial charge in [-0.25, -0.2) is 8.78 Å². The quantitative estimate of drug-likeness (QED) is 0.860. The molecule has 2 atom stereocenters. The minimum absolute atomic E-state index is 0.0182. The molecule has 1 N–H and O–H groups in total. The van der Waals surface area contributed by atoms with Crippen LogP contribution in [0.25, 0.3) is 0 Å². The average molecular weight is 242 g/mol. The number of benzene rings is 1. The molecule has 1 aromatic rings. The molecule has 0 aliphatic heterocycles.